The predicted molar refractivity (Wildman–Crippen MR) is 51.2 cm³/mol. The lowest BCUT2D eigenvalue weighted by Crippen LogP contribution is -2.07. The lowest BCUT2D eigenvalue weighted by Gasteiger charge is -1.94. The van der Waals surface area contributed by atoms with Crippen LogP contribution >= 0.6 is 0 Å². The third-order valence-corrected chi connectivity index (χ3v) is 1.31. The van der Waals surface area contributed by atoms with E-state index < -0.39 is 0 Å². The lowest BCUT2D eigenvalue weighted by atomic mass is 10.4. The van der Waals surface area contributed by atoms with Crippen LogP contribution in [-0.4, -0.2) is 16.1 Å². The average molecular weight is 177 g/mol. The van der Waals surface area contributed by atoms with Crippen molar-refractivity contribution in [2.24, 2.45) is 0 Å². The van der Waals surface area contributed by atoms with Crippen LogP contribution in [0.4, 0.5) is 5.82 Å². The van der Waals surface area contributed by atoms with Crippen molar-refractivity contribution in [2.45, 2.75) is 6.92 Å². The predicted octanol–water partition coefficient (Wildman–Crippen LogP) is 1.48. The smallest absolute Gasteiger partial charge is 0.249 e. The fraction of sp³-hybridized carbons (Fsp3) is 0.111. The highest BCUT2D eigenvalue weighted by molar-refractivity contribution is 5.98. The molecule has 0 aliphatic heterocycles. The number of allylic oxidation sites excluding steroid dienone is 3. The highest BCUT2D eigenvalue weighted by Crippen LogP contribution is 1.97. The maximum atomic E-state index is 11.1. The van der Waals surface area contributed by atoms with Crippen molar-refractivity contribution < 1.29 is 4.79 Å². The van der Waals surface area contributed by atoms with Crippen molar-refractivity contribution in [2.75, 3.05) is 5.32 Å². The molecule has 1 rings (SSSR count). The highest BCUT2D eigenvalue weighted by Gasteiger charge is 1.95. The number of aromatic nitrogens is 2. The summed E-state index contributed by atoms with van der Waals surface area (Å²) in [6.07, 6.45) is 8.32. The molecule has 0 aromatic carbocycles. The van der Waals surface area contributed by atoms with Gasteiger partial charge >= 0.3 is 0 Å². The fourth-order valence-corrected chi connectivity index (χ4v) is 0.754. The van der Waals surface area contributed by atoms with Crippen molar-refractivity contribution in [3.05, 3.63) is 36.6 Å². The molecule has 2 N–H and O–H groups in total. The molecule has 1 amide bonds. The minimum Gasteiger partial charge on any atom is -0.307 e. The second-order valence-corrected chi connectivity index (χ2v) is 2.34. The summed E-state index contributed by atoms with van der Waals surface area (Å²) in [6.45, 7) is 1.89. The zero-order chi connectivity index (χ0) is 9.52. The van der Waals surface area contributed by atoms with Crippen LogP contribution in [0.2, 0.25) is 0 Å². The van der Waals surface area contributed by atoms with Crippen LogP contribution in [0.3, 0.4) is 0 Å². The molecule has 0 bridgehead atoms. The van der Waals surface area contributed by atoms with E-state index in [2.05, 4.69) is 15.5 Å². The van der Waals surface area contributed by atoms with E-state index in [1.54, 1.807) is 24.4 Å². The number of rotatable bonds is 3. The number of carbonyl (C=O) groups excluding carboxylic acids is 1. The molecule has 13 heavy (non-hydrogen) atoms. The van der Waals surface area contributed by atoms with Crippen LogP contribution in [0, 0.1) is 0 Å². The van der Waals surface area contributed by atoms with Gasteiger partial charge in [0.25, 0.3) is 0 Å². The first kappa shape index (κ1) is 9.25. The van der Waals surface area contributed by atoms with Crippen molar-refractivity contribution in [3.8, 4) is 0 Å². The van der Waals surface area contributed by atoms with E-state index in [4.69, 9.17) is 0 Å². The van der Waals surface area contributed by atoms with Gasteiger partial charge in [-0.25, -0.2) is 0 Å². The summed E-state index contributed by atoms with van der Waals surface area (Å²) in [7, 11) is 0. The number of H-pyrrole nitrogens is 1. The van der Waals surface area contributed by atoms with Gasteiger partial charge in [0.15, 0.2) is 0 Å². The van der Waals surface area contributed by atoms with Gasteiger partial charge < -0.3 is 5.32 Å². The van der Waals surface area contributed by atoms with Crippen LogP contribution < -0.4 is 5.32 Å². The Kier molecular flexibility index (Phi) is 3.50. The molecule has 0 saturated carbocycles. The summed E-state index contributed by atoms with van der Waals surface area (Å²) < 4.78 is 0. The van der Waals surface area contributed by atoms with Crippen LogP contribution in [0.1, 0.15) is 6.92 Å². The Morgan fingerprint density at radius 1 is 1.62 bits per heavy atom. The molecule has 0 spiro atoms. The summed E-state index contributed by atoms with van der Waals surface area (Å²) in [5.74, 6) is 0.414. The van der Waals surface area contributed by atoms with Crippen molar-refractivity contribution in [1.29, 1.82) is 0 Å². The molecule has 0 radical (unpaired) electrons. The molecule has 0 aliphatic carbocycles. The summed E-state index contributed by atoms with van der Waals surface area (Å²) in [4.78, 5) is 11.1. The molecular formula is C9H11N3O. The van der Waals surface area contributed by atoms with Crippen LogP contribution in [0.25, 0.3) is 0 Å². The second kappa shape index (κ2) is 4.92. The van der Waals surface area contributed by atoms with Crippen molar-refractivity contribution in [1.82, 2.24) is 10.2 Å². The molecule has 68 valence electrons. The Bertz CT molecular complexity index is 312. The normalized spacial score (nSPS) is 11.2. The van der Waals surface area contributed by atoms with Gasteiger partial charge in [0.2, 0.25) is 5.91 Å². The molecule has 4 heteroatoms. The van der Waals surface area contributed by atoms with E-state index in [0.29, 0.717) is 5.82 Å². The molecule has 1 heterocycles. The monoisotopic (exact) mass is 177 g/mol. The number of hydrogen-bond acceptors (Lipinski definition) is 2. The summed E-state index contributed by atoms with van der Waals surface area (Å²) >= 11 is 0. The number of anilines is 1. The van der Waals surface area contributed by atoms with Crippen LogP contribution in [0.15, 0.2) is 36.6 Å². The molecule has 0 atom stereocenters. The zero-order valence-corrected chi connectivity index (χ0v) is 7.32. The van der Waals surface area contributed by atoms with Gasteiger partial charge in [-0.15, -0.1) is 0 Å². The maximum Gasteiger partial charge on any atom is 0.249 e. The van der Waals surface area contributed by atoms with Gasteiger partial charge in [-0.3, -0.25) is 9.89 Å². The lowest BCUT2D eigenvalue weighted by molar-refractivity contribution is -0.111. The molecular weight excluding hydrogens is 166 g/mol. The van der Waals surface area contributed by atoms with Crippen LogP contribution in [0.5, 0.6) is 0 Å². The largest absolute Gasteiger partial charge is 0.307 e. The van der Waals surface area contributed by atoms with Gasteiger partial charge in [0.05, 0.1) is 6.20 Å². The topological polar surface area (TPSA) is 57.8 Å². The van der Waals surface area contributed by atoms with Gasteiger partial charge in [-0.2, -0.15) is 5.10 Å². The summed E-state index contributed by atoms with van der Waals surface area (Å²) in [5, 5.41) is 8.92. The molecule has 1 aromatic rings. The first-order valence-corrected chi connectivity index (χ1v) is 3.92. The van der Waals surface area contributed by atoms with E-state index in [9.17, 15) is 4.79 Å². The van der Waals surface area contributed by atoms with Gasteiger partial charge in [-0.1, -0.05) is 18.2 Å². The highest BCUT2D eigenvalue weighted by atomic mass is 16.1. The second-order valence-electron chi connectivity index (χ2n) is 2.34. The quantitative estimate of drug-likeness (QED) is 0.542. The molecule has 0 aliphatic rings. The molecule has 0 saturated heterocycles. The van der Waals surface area contributed by atoms with E-state index in [1.807, 2.05) is 13.0 Å². The third kappa shape index (κ3) is 3.37. The minimum absolute atomic E-state index is 0.178. The Morgan fingerprint density at radius 3 is 3.08 bits per heavy atom. The number of aromatic amines is 1. The van der Waals surface area contributed by atoms with E-state index >= 15 is 0 Å². The standard InChI is InChI=1S/C9H11N3O/c1-2-3-4-5-9(13)11-8-6-7-10-12-8/h2-7H,1H3,(H2,10,11,12,13)/b3-2+,5-4+. The van der Waals surface area contributed by atoms with E-state index in [-0.39, 0.29) is 5.91 Å². The third-order valence-electron chi connectivity index (χ3n) is 1.31. The summed E-state index contributed by atoms with van der Waals surface area (Å²) in [5.41, 5.74) is 0. The summed E-state index contributed by atoms with van der Waals surface area (Å²) in [6, 6.07) is 1.68. The zero-order valence-electron chi connectivity index (χ0n) is 7.32. The number of hydrogen-bond donors (Lipinski definition) is 2. The van der Waals surface area contributed by atoms with E-state index in [0.717, 1.165) is 0 Å². The average Bonchev–Trinajstić information content (AvgIpc) is 2.57. The fourth-order valence-electron chi connectivity index (χ4n) is 0.754. The molecule has 1 aromatic heterocycles. The molecule has 0 unspecified atom stereocenters. The first-order valence-electron chi connectivity index (χ1n) is 3.92. The van der Waals surface area contributed by atoms with Crippen molar-refractivity contribution in [3.63, 3.8) is 0 Å². The Hall–Kier alpha value is -1.84. The van der Waals surface area contributed by atoms with Crippen molar-refractivity contribution >= 4 is 11.7 Å². The SMILES string of the molecule is C/C=C/C=C/C(=O)Nc1ccn[nH]1. The number of amides is 1. The van der Waals surface area contributed by atoms with Gasteiger partial charge in [0.1, 0.15) is 5.82 Å². The van der Waals surface area contributed by atoms with Gasteiger partial charge in [0, 0.05) is 12.1 Å². The first-order chi connectivity index (χ1) is 6.33. The van der Waals surface area contributed by atoms with Gasteiger partial charge in [-0.05, 0) is 6.92 Å². The number of nitrogens with one attached hydrogen (secondary N) is 2. The van der Waals surface area contributed by atoms with Crippen LogP contribution in [-0.2, 0) is 4.79 Å². The molecule has 0 fully saturated rings. The Labute approximate surface area is 76.4 Å². The Morgan fingerprint density at radius 2 is 2.46 bits per heavy atom. The maximum absolute atomic E-state index is 11.1. The number of nitrogens with zero attached hydrogens (tertiary/aromatic N) is 1. The van der Waals surface area contributed by atoms with E-state index in [1.165, 1.54) is 6.08 Å². The Balaban J connectivity index is 2.42. The molecule has 4 nitrogen and oxygen atoms in total. The minimum atomic E-state index is -0.178. The number of carbonyl (C=O) groups is 1.